The number of rotatable bonds is 0. The van der Waals surface area contributed by atoms with Crippen LogP contribution < -0.4 is 4.09 Å². The van der Waals surface area contributed by atoms with Gasteiger partial charge < -0.3 is 0 Å². The van der Waals surface area contributed by atoms with Crippen LogP contribution in [-0.4, -0.2) is 0 Å². The van der Waals surface area contributed by atoms with E-state index in [4.69, 9.17) is 11.8 Å². The van der Waals surface area contributed by atoms with Gasteiger partial charge in [-0.3, -0.25) is 0 Å². The monoisotopic (exact) mass is 128 g/mol. The van der Waals surface area contributed by atoms with Crippen molar-refractivity contribution in [2.45, 2.75) is 6.92 Å². The first kappa shape index (κ1) is 5.57. The number of aromatic nitrogens is 1. The van der Waals surface area contributed by atoms with Crippen molar-refractivity contribution < 1.29 is 4.09 Å². The molecule has 0 bridgehead atoms. The van der Waals surface area contributed by atoms with Gasteiger partial charge in [-0.25, -0.2) is 0 Å². The minimum Gasteiger partial charge on any atom is -0.0899 e. The van der Waals surface area contributed by atoms with E-state index in [1.165, 1.54) is 9.65 Å². The first-order chi connectivity index (χ1) is 3.79. The van der Waals surface area contributed by atoms with Crippen molar-refractivity contribution in [3.63, 3.8) is 0 Å². The van der Waals surface area contributed by atoms with Gasteiger partial charge in [-0.2, -0.15) is 0 Å². The number of halogens is 1. The van der Waals surface area contributed by atoms with Crippen molar-refractivity contribution in [3.8, 4) is 0 Å². The van der Waals surface area contributed by atoms with E-state index in [9.17, 15) is 0 Å². The average molecular weight is 129 g/mol. The number of hydrogen-bond acceptors (Lipinski definition) is 0. The van der Waals surface area contributed by atoms with Crippen molar-refractivity contribution in [1.29, 1.82) is 0 Å². The molecule has 42 valence electrons. The van der Waals surface area contributed by atoms with Gasteiger partial charge in [-0.05, 0) is 13.0 Å². The first-order valence-corrected chi connectivity index (χ1v) is 2.77. The van der Waals surface area contributed by atoms with Gasteiger partial charge in [0.25, 0.3) is 11.8 Å². The molecule has 0 fully saturated rings. The highest BCUT2D eigenvalue weighted by atomic mass is 35.5. The minimum atomic E-state index is 1.17. The summed E-state index contributed by atoms with van der Waals surface area (Å²) < 4.78 is 1.51. The number of hydrogen-bond donors (Lipinski definition) is 0. The van der Waals surface area contributed by atoms with Crippen molar-refractivity contribution in [2.24, 2.45) is 0 Å². The maximum atomic E-state index is 5.56. The van der Waals surface area contributed by atoms with Crippen LogP contribution in [0.2, 0.25) is 0 Å². The molecule has 1 aromatic rings. The zero-order valence-corrected chi connectivity index (χ0v) is 5.39. The third-order valence-corrected chi connectivity index (χ3v) is 1.12. The van der Waals surface area contributed by atoms with Crippen LogP contribution in [0.5, 0.6) is 0 Å². The lowest BCUT2D eigenvalue weighted by Crippen LogP contribution is -2.17. The Morgan fingerprint density at radius 3 is 2.75 bits per heavy atom. The lowest BCUT2D eigenvalue weighted by atomic mass is 10.3. The van der Waals surface area contributed by atoms with Gasteiger partial charge in [0.2, 0.25) is 0 Å². The lowest BCUT2D eigenvalue weighted by molar-refractivity contribution is -0.519. The minimum absolute atomic E-state index is 1.17. The summed E-state index contributed by atoms with van der Waals surface area (Å²) in [6, 6.07) is 3.90. The third kappa shape index (κ3) is 1.20. The van der Waals surface area contributed by atoms with E-state index in [1.54, 1.807) is 6.20 Å². The molecule has 0 saturated carbocycles. The Morgan fingerprint density at radius 1 is 1.62 bits per heavy atom. The molecule has 0 radical (unpaired) electrons. The Bertz CT molecular complexity index is 168. The summed E-state index contributed by atoms with van der Waals surface area (Å²) in [5, 5.41) is 0. The van der Waals surface area contributed by atoms with Gasteiger partial charge in [0.15, 0.2) is 12.4 Å². The molecule has 0 aliphatic carbocycles. The molecule has 0 aliphatic rings. The van der Waals surface area contributed by atoms with Gasteiger partial charge in [0.1, 0.15) is 0 Å². The molecular formula is C6H7ClN+. The summed E-state index contributed by atoms with van der Waals surface area (Å²) in [5.74, 6) is 0. The summed E-state index contributed by atoms with van der Waals surface area (Å²) in [6.45, 7) is 2.00. The summed E-state index contributed by atoms with van der Waals surface area (Å²) in [4.78, 5) is 0. The predicted molar refractivity (Wildman–Crippen MR) is 32.6 cm³/mol. The van der Waals surface area contributed by atoms with Gasteiger partial charge >= 0.3 is 0 Å². The van der Waals surface area contributed by atoms with Gasteiger partial charge in [0.05, 0.1) is 0 Å². The lowest BCUT2D eigenvalue weighted by Gasteiger charge is -1.81. The second-order valence-electron chi connectivity index (χ2n) is 1.73. The van der Waals surface area contributed by atoms with E-state index in [0.717, 1.165) is 0 Å². The quantitative estimate of drug-likeness (QED) is 0.496. The van der Waals surface area contributed by atoms with Crippen molar-refractivity contribution in [3.05, 3.63) is 30.1 Å². The van der Waals surface area contributed by atoms with E-state index < -0.39 is 0 Å². The average Bonchev–Trinajstić information content (AvgIpc) is 1.64. The molecule has 1 rings (SSSR count). The largest absolute Gasteiger partial charge is 0.267 e. The Kier molecular flexibility index (Phi) is 1.49. The van der Waals surface area contributed by atoms with Crippen LogP contribution in [0.3, 0.4) is 0 Å². The summed E-state index contributed by atoms with van der Waals surface area (Å²) in [6.07, 6.45) is 3.64. The number of pyridine rings is 1. The Morgan fingerprint density at radius 2 is 2.38 bits per heavy atom. The van der Waals surface area contributed by atoms with Crippen LogP contribution in [0.15, 0.2) is 24.5 Å². The van der Waals surface area contributed by atoms with Gasteiger partial charge in [-0.1, -0.05) is 4.09 Å². The molecule has 0 amide bonds. The fourth-order valence-corrected chi connectivity index (χ4v) is 0.777. The molecule has 0 spiro atoms. The molecule has 0 N–H and O–H groups in total. The van der Waals surface area contributed by atoms with Gasteiger partial charge in [0, 0.05) is 11.6 Å². The Hall–Kier alpha value is -0.560. The molecule has 1 aromatic heterocycles. The van der Waals surface area contributed by atoms with E-state index in [-0.39, 0.29) is 0 Å². The van der Waals surface area contributed by atoms with E-state index in [0.29, 0.717) is 0 Å². The molecule has 8 heavy (non-hydrogen) atoms. The molecule has 0 atom stereocenters. The molecular weight excluding hydrogens is 122 g/mol. The summed E-state index contributed by atoms with van der Waals surface area (Å²) >= 11 is 5.56. The van der Waals surface area contributed by atoms with Crippen LogP contribution in [0, 0.1) is 6.92 Å². The molecule has 2 heteroatoms. The third-order valence-electron chi connectivity index (χ3n) is 0.915. The zero-order valence-electron chi connectivity index (χ0n) is 4.63. The first-order valence-electron chi connectivity index (χ1n) is 2.43. The fourth-order valence-electron chi connectivity index (χ4n) is 0.558. The van der Waals surface area contributed by atoms with Crippen LogP contribution >= 0.6 is 11.8 Å². The maximum absolute atomic E-state index is 5.56. The van der Waals surface area contributed by atoms with E-state index >= 15 is 0 Å². The van der Waals surface area contributed by atoms with Crippen molar-refractivity contribution in [1.82, 2.24) is 0 Å². The number of aryl methyl sites for hydroxylation is 1. The van der Waals surface area contributed by atoms with Crippen LogP contribution in [0.25, 0.3) is 0 Å². The maximum Gasteiger partial charge on any atom is 0.267 e. The molecule has 0 unspecified atom stereocenters. The highest BCUT2D eigenvalue weighted by Crippen LogP contribution is 1.88. The van der Waals surface area contributed by atoms with Crippen LogP contribution in [0.1, 0.15) is 5.56 Å². The second-order valence-corrected chi connectivity index (χ2v) is 2.12. The van der Waals surface area contributed by atoms with Gasteiger partial charge in [-0.15, -0.1) is 0 Å². The number of nitrogens with zero attached hydrogens (tertiary/aromatic N) is 1. The second kappa shape index (κ2) is 2.14. The van der Waals surface area contributed by atoms with Crippen LogP contribution in [0.4, 0.5) is 0 Å². The molecule has 1 heterocycles. The molecule has 0 saturated heterocycles. The standard InChI is InChI=1S/C6H7ClN/c1-6-3-2-4-8(7)5-6/h2-5H,1H3/q+1. The SMILES string of the molecule is Cc1ccc[n+](Cl)c1. The molecule has 0 aliphatic heterocycles. The Labute approximate surface area is 53.6 Å². The normalized spacial score (nSPS) is 9.25. The topological polar surface area (TPSA) is 3.88 Å². The highest BCUT2D eigenvalue weighted by Gasteiger charge is 1.91. The highest BCUT2D eigenvalue weighted by molar-refractivity contribution is 6.04. The summed E-state index contributed by atoms with van der Waals surface area (Å²) in [5.41, 5.74) is 1.17. The van der Waals surface area contributed by atoms with Crippen molar-refractivity contribution in [2.75, 3.05) is 0 Å². The predicted octanol–water partition coefficient (Wildman–Crippen LogP) is 1.28. The molecule has 1 nitrogen and oxygen atoms in total. The Balaban J connectivity index is 3.08. The van der Waals surface area contributed by atoms with Crippen LogP contribution in [-0.2, 0) is 0 Å². The molecule has 0 aromatic carbocycles. The van der Waals surface area contributed by atoms with E-state index in [1.807, 2.05) is 25.3 Å². The zero-order chi connectivity index (χ0) is 5.98. The smallest absolute Gasteiger partial charge is 0.0899 e. The van der Waals surface area contributed by atoms with E-state index in [2.05, 4.69) is 0 Å². The summed E-state index contributed by atoms with van der Waals surface area (Å²) in [7, 11) is 0. The van der Waals surface area contributed by atoms with Crippen molar-refractivity contribution >= 4 is 11.8 Å². The fraction of sp³-hybridized carbons (Fsp3) is 0.167.